The van der Waals surface area contributed by atoms with Crippen LogP contribution in [0.15, 0.2) is 40.6 Å². The number of fused-ring (bicyclic) bond motifs is 5. The minimum Gasteiger partial charge on any atom is -0.247 e. The first-order valence-electron chi connectivity index (χ1n) is 10.2. The third kappa shape index (κ3) is 3.80. The minimum absolute atomic E-state index is 0.693. The van der Waals surface area contributed by atoms with Crippen LogP contribution in [0.4, 0.5) is 0 Å². The van der Waals surface area contributed by atoms with Crippen LogP contribution >= 0.6 is 34.9 Å². The fourth-order valence-electron chi connectivity index (χ4n) is 3.74. The van der Waals surface area contributed by atoms with Crippen molar-refractivity contribution in [3.8, 4) is 0 Å². The predicted molar refractivity (Wildman–Crippen MR) is 124 cm³/mol. The van der Waals surface area contributed by atoms with Crippen LogP contribution in [0.3, 0.4) is 0 Å². The maximum Gasteiger partial charge on any atom is 0.197 e. The average Bonchev–Trinajstić information content (AvgIpc) is 3.41. The summed E-state index contributed by atoms with van der Waals surface area (Å²) in [4.78, 5) is 7.73. The molecule has 0 unspecified atom stereocenters. The van der Waals surface area contributed by atoms with Gasteiger partial charge in [-0.3, -0.25) is 0 Å². The Hall–Kier alpha value is -1.57. The molecule has 0 N–H and O–H groups in total. The highest BCUT2D eigenvalue weighted by Gasteiger charge is 2.24. The smallest absolute Gasteiger partial charge is 0.197 e. The van der Waals surface area contributed by atoms with Crippen molar-refractivity contribution in [3.05, 3.63) is 46.3 Å². The van der Waals surface area contributed by atoms with E-state index in [2.05, 4.69) is 58.8 Å². The van der Waals surface area contributed by atoms with Gasteiger partial charge in [0.2, 0.25) is 0 Å². The maximum atomic E-state index is 5.11. The molecule has 0 saturated heterocycles. The fourth-order valence-corrected chi connectivity index (χ4v) is 7.23. The summed E-state index contributed by atoms with van der Waals surface area (Å²) >= 11 is 5.44. The van der Waals surface area contributed by atoms with Gasteiger partial charge in [-0.2, -0.15) is 0 Å². The van der Waals surface area contributed by atoms with E-state index in [1.807, 2.05) is 11.3 Å². The molecule has 3 heterocycles. The van der Waals surface area contributed by atoms with Gasteiger partial charge in [0, 0.05) is 16.4 Å². The molecule has 5 rings (SSSR count). The third-order valence-electron chi connectivity index (χ3n) is 5.29. The van der Waals surface area contributed by atoms with Crippen LogP contribution in [-0.4, -0.2) is 25.3 Å². The summed E-state index contributed by atoms with van der Waals surface area (Å²) in [5.74, 6) is 2.65. The van der Waals surface area contributed by atoms with E-state index in [1.54, 1.807) is 23.5 Å². The average molecular weight is 441 g/mol. The standard InChI is InChI=1S/C22H24N4S3/c1-14(2)11-12-27-22-25-24-19-18-16-9-6-10-17(16)29-20(18)23-21(26(19)22)28-13-15-7-4-3-5-8-15/h3-5,7-8,14H,6,9-13H2,1-2H3. The first-order valence-corrected chi connectivity index (χ1v) is 13.0. The second kappa shape index (κ2) is 8.28. The number of aromatic nitrogens is 4. The van der Waals surface area contributed by atoms with E-state index in [9.17, 15) is 0 Å². The summed E-state index contributed by atoms with van der Waals surface area (Å²) in [5, 5.41) is 12.5. The number of nitrogens with zero attached hydrogens (tertiary/aromatic N) is 4. The van der Waals surface area contributed by atoms with Gasteiger partial charge in [0.25, 0.3) is 0 Å². The highest BCUT2D eigenvalue weighted by Crippen LogP contribution is 2.40. The Bertz CT molecular complexity index is 1150. The molecule has 7 heteroatoms. The normalized spacial score (nSPS) is 13.8. The quantitative estimate of drug-likeness (QED) is 0.251. The number of hydrogen-bond acceptors (Lipinski definition) is 6. The second-order valence-electron chi connectivity index (χ2n) is 7.88. The first-order chi connectivity index (χ1) is 14.2. The molecule has 0 amide bonds. The van der Waals surface area contributed by atoms with Gasteiger partial charge in [-0.25, -0.2) is 9.38 Å². The molecule has 0 bridgehead atoms. The van der Waals surface area contributed by atoms with Gasteiger partial charge in [0.05, 0.1) is 5.39 Å². The monoisotopic (exact) mass is 440 g/mol. The van der Waals surface area contributed by atoms with Gasteiger partial charge in [-0.1, -0.05) is 67.7 Å². The molecule has 4 aromatic rings. The zero-order valence-electron chi connectivity index (χ0n) is 16.7. The van der Waals surface area contributed by atoms with Gasteiger partial charge in [-0.15, -0.1) is 21.5 Å². The van der Waals surface area contributed by atoms with Crippen LogP contribution < -0.4 is 0 Å². The van der Waals surface area contributed by atoms with Crippen molar-refractivity contribution in [2.75, 3.05) is 5.75 Å². The van der Waals surface area contributed by atoms with E-state index in [4.69, 9.17) is 4.98 Å². The molecule has 0 saturated carbocycles. The number of thioether (sulfide) groups is 2. The topological polar surface area (TPSA) is 43.1 Å². The molecule has 29 heavy (non-hydrogen) atoms. The second-order valence-corrected chi connectivity index (χ2v) is 11.0. The Morgan fingerprint density at radius 3 is 2.76 bits per heavy atom. The Balaban J connectivity index is 1.57. The molecule has 0 atom stereocenters. The summed E-state index contributed by atoms with van der Waals surface area (Å²) in [5.41, 5.74) is 3.77. The summed E-state index contributed by atoms with van der Waals surface area (Å²) in [6, 6.07) is 10.6. The Morgan fingerprint density at radius 1 is 1.07 bits per heavy atom. The zero-order chi connectivity index (χ0) is 19.8. The summed E-state index contributed by atoms with van der Waals surface area (Å²) in [6.07, 6.45) is 4.75. The lowest BCUT2D eigenvalue weighted by Gasteiger charge is -2.09. The minimum atomic E-state index is 0.693. The lowest BCUT2D eigenvalue weighted by Crippen LogP contribution is -1.99. The number of thiophene rings is 1. The Labute approximate surface area is 183 Å². The summed E-state index contributed by atoms with van der Waals surface area (Å²) in [7, 11) is 0. The summed E-state index contributed by atoms with van der Waals surface area (Å²) < 4.78 is 2.21. The zero-order valence-corrected chi connectivity index (χ0v) is 19.2. The molecule has 3 aromatic heterocycles. The van der Waals surface area contributed by atoms with E-state index < -0.39 is 0 Å². The van der Waals surface area contributed by atoms with Crippen LogP contribution in [0, 0.1) is 5.92 Å². The fraction of sp³-hybridized carbons (Fsp3) is 0.409. The molecular weight excluding hydrogens is 416 g/mol. The van der Waals surface area contributed by atoms with Crippen molar-refractivity contribution in [2.24, 2.45) is 5.92 Å². The van der Waals surface area contributed by atoms with Gasteiger partial charge >= 0.3 is 0 Å². The summed E-state index contributed by atoms with van der Waals surface area (Å²) in [6.45, 7) is 4.53. The number of aryl methyl sites for hydroxylation is 2. The number of hydrogen-bond donors (Lipinski definition) is 0. The van der Waals surface area contributed by atoms with Crippen molar-refractivity contribution < 1.29 is 0 Å². The van der Waals surface area contributed by atoms with Crippen molar-refractivity contribution in [2.45, 2.75) is 55.6 Å². The Kier molecular flexibility index (Phi) is 5.54. The van der Waals surface area contributed by atoms with Crippen molar-refractivity contribution in [3.63, 3.8) is 0 Å². The molecule has 0 radical (unpaired) electrons. The first kappa shape index (κ1) is 19.4. The molecular formula is C22H24N4S3. The van der Waals surface area contributed by atoms with E-state index in [1.165, 1.54) is 40.7 Å². The molecule has 1 aliphatic rings. The number of rotatable bonds is 7. The van der Waals surface area contributed by atoms with Gasteiger partial charge in [-0.05, 0) is 42.7 Å². The lowest BCUT2D eigenvalue weighted by molar-refractivity contribution is 0.631. The van der Waals surface area contributed by atoms with Gasteiger partial charge in [0.15, 0.2) is 16.0 Å². The molecule has 4 nitrogen and oxygen atoms in total. The van der Waals surface area contributed by atoms with E-state index in [0.717, 1.165) is 38.7 Å². The molecule has 0 fully saturated rings. The Morgan fingerprint density at radius 2 is 1.93 bits per heavy atom. The van der Waals surface area contributed by atoms with E-state index >= 15 is 0 Å². The maximum absolute atomic E-state index is 5.11. The van der Waals surface area contributed by atoms with Crippen LogP contribution in [0.5, 0.6) is 0 Å². The van der Waals surface area contributed by atoms with Crippen molar-refractivity contribution in [1.29, 1.82) is 0 Å². The van der Waals surface area contributed by atoms with E-state index in [0.29, 0.717) is 5.92 Å². The highest BCUT2D eigenvalue weighted by molar-refractivity contribution is 7.99. The molecule has 1 aliphatic carbocycles. The van der Waals surface area contributed by atoms with Crippen LogP contribution in [0.25, 0.3) is 15.9 Å². The van der Waals surface area contributed by atoms with Crippen molar-refractivity contribution >= 4 is 50.7 Å². The molecule has 150 valence electrons. The molecule has 0 aliphatic heterocycles. The molecule has 1 aromatic carbocycles. The third-order valence-corrected chi connectivity index (χ3v) is 8.44. The number of benzene rings is 1. The molecule has 0 spiro atoms. The SMILES string of the molecule is CC(C)CCSc1nnc2c3c4c(sc3nc(SCc3ccccc3)n12)CCC4. The van der Waals surface area contributed by atoms with Gasteiger partial charge < -0.3 is 0 Å². The van der Waals surface area contributed by atoms with Gasteiger partial charge in [0.1, 0.15) is 4.83 Å². The van der Waals surface area contributed by atoms with Crippen molar-refractivity contribution in [1.82, 2.24) is 19.6 Å². The van der Waals surface area contributed by atoms with Crippen LogP contribution in [-0.2, 0) is 18.6 Å². The van der Waals surface area contributed by atoms with Crippen LogP contribution in [0.2, 0.25) is 0 Å². The predicted octanol–water partition coefficient (Wildman–Crippen LogP) is 6.26. The lowest BCUT2D eigenvalue weighted by atomic mass is 10.2. The highest BCUT2D eigenvalue weighted by atomic mass is 32.2. The van der Waals surface area contributed by atoms with E-state index in [-0.39, 0.29) is 0 Å². The van der Waals surface area contributed by atoms with Crippen LogP contribution in [0.1, 0.15) is 42.7 Å². The largest absolute Gasteiger partial charge is 0.247 e.